The Hall–Kier alpha value is -5.65. The van der Waals surface area contributed by atoms with Crippen molar-refractivity contribution in [3.05, 3.63) is 84.4 Å². The summed E-state index contributed by atoms with van der Waals surface area (Å²) in [4.78, 5) is 69.5. The van der Waals surface area contributed by atoms with E-state index < -0.39 is 30.1 Å². The van der Waals surface area contributed by atoms with Crippen LogP contribution in [0.3, 0.4) is 0 Å². The molecule has 12 heteroatoms. The highest BCUT2D eigenvalue weighted by Crippen LogP contribution is 2.29. The van der Waals surface area contributed by atoms with Crippen LogP contribution in [0.5, 0.6) is 0 Å². The summed E-state index contributed by atoms with van der Waals surface area (Å²) in [7, 11) is 0. The number of anilines is 2. The third kappa shape index (κ3) is 6.81. The molecule has 1 aromatic heterocycles. The molecule has 4 aromatic rings. The highest BCUT2D eigenvalue weighted by molar-refractivity contribution is 6.00. The van der Waals surface area contributed by atoms with Gasteiger partial charge in [0.25, 0.3) is 5.91 Å². The van der Waals surface area contributed by atoms with Gasteiger partial charge in [0, 0.05) is 48.0 Å². The molecule has 12 nitrogen and oxygen atoms in total. The first-order valence-electron chi connectivity index (χ1n) is 15.6. The van der Waals surface area contributed by atoms with E-state index in [1.54, 1.807) is 47.4 Å². The molecule has 3 atom stereocenters. The summed E-state index contributed by atoms with van der Waals surface area (Å²) >= 11 is 0. The van der Waals surface area contributed by atoms with E-state index in [-0.39, 0.29) is 17.7 Å². The molecule has 6 rings (SSSR count). The summed E-state index contributed by atoms with van der Waals surface area (Å²) in [5.74, 6) is -1.10. The van der Waals surface area contributed by atoms with Crippen molar-refractivity contribution in [3.63, 3.8) is 0 Å². The minimum Gasteiger partial charge on any atom is -0.465 e. The molecular formula is C35H36N6O6. The number of benzene rings is 3. The van der Waals surface area contributed by atoms with E-state index in [4.69, 9.17) is 0 Å². The number of likely N-dealkylation sites (tertiary alicyclic amines) is 2. The first kappa shape index (κ1) is 31.3. The van der Waals surface area contributed by atoms with E-state index in [1.807, 2.05) is 36.4 Å². The van der Waals surface area contributed by atoms with Crippen LogP contribution in [0, 0.1) is 0 Å². The van der Waals surface area contributed by atoms with E-state index >= 15 is 0 Å². The van der Waals surface area contributed by atoms with Crippen LogP contribution in [0.15, 0.2) is 78.9 Å². The quantitative estimate of drug-likeness (QED) is 0.188. The second-order valence-electron chi connectivity index (χ2n) is 11.9. The number of nitrogens with one attached hydrogen (secondary N) is 4. The maximum atomic E-state index is 13.5. The average molecular weight is 637 g/mol. The summed E-state index contributed by atoms with van der Waals surface area (Å²) in [5.41, 5.74) is 4.34. The minimum atomic E-state index is -1.32. The van der Waals surface area contributed by atoms with E-state index in [9.17, 15) is 29.1 Å². The summed E-state index contributed by atoms with van der Waals surface area (Å²) in [5, 5.41) is 18.4. The number of nitrogens with zero attached hydrogens (tertiary/aromatic N) is 2. The maximum absolute atomic E-state index is 13.5. The number of H-pyrrole nitrogens is 1. The molecule has 47 heavy (non-hydrogen) atoms. The fourth-order valence-electron chi connectivity index (χ4n) is 6.49. The summed E-state index contributed by atoms with van der Waals surface area (Å²) in [6.07, 6.45) is 1.23. The Bertz CT molecular complexity index is 1820. The molecule has 2 saturated heterocycles. The molecule has 0 bridgehead atoms. The fraction of sp³-hybridized carbons (Fsp3) is 0.286. The molecule has 2 fully saturated rings. The second kappa shape index (κ2) is 13.4. The monoisotopic (exact) mass is 636 g/mol. The van der Waals surface area contributed by atoms with Crippen molar-refractivity contribution in [2.45, 2.75) is 50.7 Å². The molecule has 3 heterocycles. The number of carboxylic acid groups (broad SMARTS) is 1. The van der Waals surface area contributed by atoms with E-state index in [2.05, 4.69) is 20.9 Å². The second-order valence-corrected chi connectivity index (χ2v) is 11.9. The van der Waals surface area contributed by atoms with Gasteiger partial charge in [-0.3, -0.25) is 19.2 Å². The van der Waals surface area contributed by atoms with Crippen LogP contribution in [-0.2, 0) is 19.2 Å². The Morgan fingerprint density at radius 3 is 2.06 bits per heavy atom. The average Bonchev–Trinajstić information content (AvgIpc) is 3.84. The molecule has 5 amide bonds. The van der Waals surface area contributed by atoms with Gasteiger partial charge in [-0.05, 0) is 73.2 Å². The minimum absolute atomic E-state index is 0.0999. The standard InChI is InChI=1S/C35H36N6O6/c1-21(42)40-17-5-9-29(40)32(43)37-26-15-16-27-24(19-26)20-28(38-27)22-11-13-25(14-12-22)36-33(44)30-10-6-18-41(30)34(45)31(39-35(46)47)23-7-3-2-4-8-23/h2-4,7-8,11-16,19-20,29-31,38-39H,5-6,9-10,17-18H2,1H3,(H,36,44)(H,37,43)(H,46,47)/t29-,30-,31-/m0/s1. The highest BCUT2D eigenvalue weighted by Gasteiger charge is 2.38. The number of aromatic amines is 1. The van der Waals surface area contributed by atoms with E-state index in [0.29, 0.717) is 49.3 Å². The molecule has 2 aliphatic rings. The normalized spacial score (nSPS) is 18.1. The van der Waals surface area contributed by atoms with Gasteiger partial charge in [-0.2, -0.15) is 0 Å². The fourth-order valence-corrected chi connectivity index (χ4v) is 6.49. The molecule has 0 aliphatic carbocycles. The zero-order valence-corrected chi connectivity index (χ0v) is 25.9. The lowest BCUT2D eigenvalue weighted by molar-refractivity contribution is -0.138. The number of aromatic nitrogens is 1. The lowest BCUT2D eigenvalue weighted by Gasteiger charge is -2.28. The molecule has 2 aliphatic heterocycles. The van der Waals surface area contributed by atoms with Gasteiger partial charge in [0.1, 0.15) is 18.1 Å². The van der Waals surface area contributed by atoms with Crippen molar-refractivity contribution < 1.29 is 29.1 Å². The van der Waals surface area contributed by atoms with Gasteiger partial charge in [-0.1, -0.05) is 42.5 Å². The van der Waals surface area contributed by atoms with E-state index in [0.717, 1.165) is 28.6 Å². The number of hydrogen-bond acceptors (Lipinski definition) is 5. The number of hydrogen-bond donors (Lipinski definition) is 5. The number of carbonyl (C=O) groups is 5. The lowest BCUT2D eigenvalue weighted by atomic mass is 10.0. The first-order valence-corrected chi connectivity index (χ1v) is 15.6. The van der Waals surface area contributed by atoms with Gasteiger partial charge in [-0.25, -0.2) is 4.79 Å². The molecule has 0 radical (unpaired) electrons. The van der Waals surface area contributed by atoms with Crippen molar-refractivity contribution in [2.75, 3.05) is 23.7 Å². The Morgan fingerprint density at radius 1 is 0.787 bits per heavy atom. The van der Waals surface area contributed by atoms with Crippen LogP contribution < -0.4 is 16.0 Å². The molecule has 0 unspecified atom stereocenters. The van der Waals surface area contributed by atoms with Crippen molar-refractivity contribution >= 4 is 52.0 Å². The van der Waals surface area contributed by atoms with E-state index in [1.165, 1.54) is 11.8 Å². The van der Waals surface area contributed by atoms with Gasteiger partial charge < -0.3 is 35.8 Å². The molecular weight excluding hydrogens is 600 g/mol. The number of amides is 5. The van der Waals surface area contributed by atoms with Crippen LogP contribution in [0.4, 0.5) is 16.2 Å². The van der Waals surface area contributed by atoms with Crippen molar-refractivity contribution in [1.29, 1.82) is 0 Å². The van der Waals surface area contributed by atoms with Crippen molar-refractivity contribution in [2.24, 2.45) is 0 Å². The molecule has 0 saturated carbocycles. The maximum Gasteiger partial charge on any atom is 0.405 e. The summed E-state index contributed by atoms with van der Waals surface area (Å²) in [6.45, 7) is 2.43. The number of carbonyl (C=O) groups excluding carboxylic acids is 4. The van der Waals surface area contributed by atoms with Crippen molar-refractivity contribution in [1.82, 2.24) is 20.1 Å². The van der Waals surface area contributed by atoms with Gasteiger partial charge in [0.15, 0.2) is 0 Å². The largest absolute Gasteiger partial charge is 0.465 e. The predicted molar refractivity (Wildman–Crippen MR) is 176 cm³/mol. The van der Waals surface area contributed by atoms with Crippen LogP contribution >= 0.6 is 0 Å². The van der Waals surface area contributed by atoms with Crippen LogP contribution in [0.25, 0.3) is 22.2 Å². The van der Waals surface area contributed by atoms with Gasteiger partial charge >= 0.3 is 6.09 Å². The lowest BCUT2D eigenvalue weighted by Crippen LogP contribution is -2.48. The van der Waals surface area contributed by atoms with Crippen LogP contribution in [0.2, 0.25) is 0 Å². The van der Waals surface area contributed by atoms with Crippen LogP contribution in [0.1, 0.15) is 44.2 Å². The molecule has 0 spiro atoms. The topological polar surface area (TPSA) is 164 Å². The van der Waals surface area contributed by atoms with Gasteiger partial charge in [-0.15, -0.1) is 0 Å². The Labute approximate surface area is 271 Å². The van der Waals surface area contributed by atoms with Gasteiger partial charge in [0.2, 0.25) is 17.7 Å². The van der Waals surface area contributed by atoms with Gasteiger partial charge in [0.05, 0.1) is 0 Å². The summed E-state index contributed by atoms with van der Waals surface area (Å²) < 4.78 is 0. The zero-order valence-electron chi connectivity index (χ0n) is 25.9. The third-order valence-corrected chi connectivity index (χ3v) is 8.80. The smallest absolute Gasteiger partial charge is 0.405 e. The number of fused-ring (bicyclic) bond motifs is 1. The predicted octanol–water partition coefficient (Wildman–Crippen LogP) is 4.72. The molecule has 242 valence electrons. The SMILES string of the molecule is CC(=O)N1CCC[C@H]1C(=O)Nc1ccc2[nH]c(-c3ccc(NC(=O)[C@@H]4CCCN4C(=O)[C@@H](NC(=O)O)c4ccccc4)cc3)cc2c1. The Kier molecular flexibility index (Phi) is 8.92. The Morgan fingerprint density at radius 2 is 1.40 bits per heavy atom. The summed E-state index contributed by atoms with van der Waals surface area (Å²) in [6, 6.07) is 21.2. The number of rotatable bonds is 8. The zero-order chi connectivity index (χ0) is 33.1. The molecule has 5 N–H and O–H groups in total. The molecule has 3 aromatic carbocycles. The highest BCUT2D eigenvalue weighted by atomic mass is 16.4. The van der Waals surface area contributed by atoms with Crippen LogP contribution in [-0.4, -0.2) is 74.8 Å². The first-order chi connectivity index (χ1) is 22.7. The Balaban J connectivity index is 1.11. The van der Waals surface area contributed by atoms with Crippen molar-refractivity contribution in [3.8, 4) is 11.3 Å². The third-order valence-electron chi connectivity index (χ3n) is 8.80.